The first-order chi connectivity index (χ1) is 47.6. The van der Waals surface area contributed by atoms with Crippen LogP contribution in [0.1, 0.15) is 89.7 Å². The summed E-state index contributed by atoms with van der Waals surface area (Å²) >= 11 is 0. The molecule has 15 aromatic rings. The lowest BCUT2D eigenvalue weighted by Crippen LogP contribution is -2.32. The molecule has 5 aliphatic carbocycles. The van der Waals surface area contributed by atoms with Gasteiger partial charge < -0.3 is 9.47 Å². The monoisotopic (exact) mass is 1220 g/mol. The van der Waals surface area contributed by atoms with Crippen molar-refractivity contribution in [2.24, 2.45) is 0 Å². The minimum absolute atomic E-state index is 0.0304. The average Bonchev–Trinajstić information content (AvgIpc) is 1.34. The van der Waals surface area contributed by atoms with Crippen LogP contribution in [0.3, 0.4) is 0 Å². The summed E-state index contributed by atoms with van der Waals surface area (Å²) in [7, 11) is 0. The van der Waals surface area contributed by atoms with E-state index in [9.17, 15) is 0 Å². The van der Waals surface area contributed by atoms with Gasteiger partial charge in [-0.1, -0.05) is 255 Å². The van der Waals surface area contributed by atoms with Gasteiger partial charge in [0.1, 0.15) is 23.0 Å². The summed E-state index contributed by atoms with van der Waals surface area (Å²) in [5.41, 5.74) is 30.3. The zero-order valence-electron chi connectivity index (χ0n) is 51.8. The third-order valence-electron chi connectivity index (χ3n) is 21.4. The van der Waals surface area contributed by atoms with Crippen molar-refractivity contribution in [3.63, 3.8) is 0 Å². The molecule has 2 unspecified atom stereocenters. The highest BCUT2D eigenvalue weighted by Crippen LogP contribution is 2.65. The van der Waals surface area contributed by atoms with Gasteiger partial charge in [0.25, 0.3) is 0 Å². The van der Waals surface area contributed by atoms with E-state index >= 15 is 0 Å². The highest BCUT2D eigenvalue weighted by molar-refractivity contribution is 5.93. The van der Waals surface area contributed by atoms with Gasteiger partial charge in [-0.2, -0.15) is 0 Å². The van der Waals surface area contributed by atoms with E-state index in [1.54, 1.807) is 0 Å². The van der Waals surface area contributed by atoms with Crippen LogP contribution in [0.15, 0.2) is 315 Å². The van der Waals surface area contributed by atoms with Gasteiger partial charge in [0.15, 0.2) is 11.6 Å². The Bertz CT molecular complexity index is 5390. The Kier molecular flexibility index (Phi) is 11.1. The Balaban J connectivity index is 0.694. The molecule has 0 radical (unpaired) electrons. The zero-order valence-corrected chi connectivity index (χ0v) is 51.8. The molecular formula is C90H54N4O2. The number of para-hydroxylation sites is 4. The summed E-state index contributed by atoms with van der Waals surface area (Å²) in [5.74, 6) is 4.76. The van der Waals surface area contributed by atoms with Crippen LogP contribution >= 0.6 is 0 Å². The lowest BCUT2D eigenvalue weighted by Gasteiger charge is -2.42. The molecule has 96 heavy (non-hydrogen) atoms. The molecule has 0 N–H and O–H groups in total. The van der Waals surface area contributed by atoms with Crippen LogP contribution in [-0.4, -0.2) is 19.9 Å². The van der Waals surface area contributed by atoms with Gasteiger partial charge in [-0.25, -0.2) is 19.9 Å². The van der Waals surface area contributed by atoms with Crippen LogP contribution in [0.25, 0.3) is 90.1 Å². The van der Waals surface area contributed by atoms with Gasteiger partial charge in [-0.05, 0) is 139 Å². The van der Waals surface area contributed by atoms with Crippen molar-refractivity contribution in [2.45, 2.75) is 22.7 Å². The summed E-state index contributed by atoms with van der Waals surface area (Å²) in [6.45, 7) is 0. The number of aromatic nitrogens is 4. The van der Waals surface area contributed by atoms with Crippen molar-refractivity contribution in [3.8, 4) is 113 Å². The number of hydrogen-bond donors (Lipinski definition) is 0. The molecule has 0 saturated heterocycles. The first kappa shape index (κ1) is 53.2. The van der Waals surface area contributed by atoms with E-state index < -0.39 is 10.8 Å². The Morgan fingerprint density at radius 3 is 0.906 bits per heavy atom. The van der Waals surface area contributed by atoms with Crippen molar-refractivity contribution >= 4 is 0 Å². The van der Waals surface area contributed by atoms with Gasteiger partial charge in [0.05, 0.1) is 33.6 Å². The van der Waals surface area contributed by atoms with Crippen LogP contribution in [0.5, 0.6) is 23.0 Å². The van der Waals surface area contributed by atoms with Gasteiger partial charge >= 0.3 is 0 Å². The van der Waals surface area contributed by atoms with Gasteiger partial charge in [0.2, 0.25) is 0 Å². The number of ether oxygens (including phenoxy) is 2. The van der Waals surface area contributed by atoms with Crippen molar-refractivity contribution in [2.75, 3.05) is 0 Å². The SMILES string of the molecule is c1ccc(-c2cc(-c3ccc4c(c3)C3(c5ccccc5Oc5ccccc53)c3ccccc3-4)nc(-c3ccc4c(c3)C3c5ccccc5C4c4cc(-c5nc(-c6ccccc6)cc(-c6ccc7c(c6)C6(c8ccccc8Oc8ccccc86)c6ccccc6-7)n5)ccc43)n2)cc1. The van der Waals surface area contributed by atoms with Gasteiger partial charge in [-0.15, -0.1) is 0 Å². The molecule has 2 spiro atoms. The van der Waals surface area contributed by atoms with E-state index in [4.69, 9.17) is 29.4 Å². The van der Waals surface area contributed by atoms with Crippen LogP contribution in [0.4, 0.5) is 0 Å². The highest BCUT2D eigenvalue weighted by Gasteiger charge is 2.53. The number of hydrogen-bond acceptors (Lipinski definition) is 6. The maximum atomic E-state index is 6.71. The normalized spacial score (nSPS) is 15.6. The number of benzene rings is 13. The molecule has 7 aliphatic rings. The van der Waals surface area contributed by atoms with Crippen LogP contribution in [0, 0.1) is 0 Å². The Labute approximate surface area is 555 Å². The molecule has 6 heteroatoms. The number of fused-ring (bicyclic) bond motifs is 18. The van der Waals surface area contributed by atoms with E-state index in [1.807, 2.05) is 0 Å². The summed E-state index contributed by atoms with van der Waals surface area (Å²) in [5, 5.41) is 0. The number of nitrogens with zero attached hydrogens (tertiary/aromatic N) is 4. The topological polar surface area (TPSA) is 70.0 Å². The lowest BCUT2D eigenvalue weighted by molar-refractivity contribution is 0.436. The summed E-state index contributed by atoms with van der Waals surface area (Å²) < 4.78 is 13.4. The number of rotatable bonds is 6. The molecule has 2 aromatic heterocycles. The van der Waals surface area contributed by atoms with E-state index in [-0.39, 0.29) is 11.8 Å². The van der Waals surface area contributed by atoms with Crippen molar-refractivity contribution in [1.82, 2.24) is 19.9 Å². The first-order valence-electron chi connectivity index (χ1n) is 33.1. The third-order valence-corrected chi connectivity index (χ3v) is 21.4. The van der Waals surface area contributed by atoms with Crippen molar-refractivity contribution in [1.29, 1.82) is 0 Å². The fraction of sp³-hybridized carbons (Fsp3) is 0.0444. The average molecular weight is 1220 g/mol. The van der Waals surface area contributed by atoms with Crippen molar-refractivity contribution < 1.29 is 9.47 Å². The molecule has 2 atom stereocenters. The maximum Gasteiger partial charge on any atom is 0.160 e. The predicted molar refractivity (Wildman–Crippen MR) is 380 cm³/mol. The van der Waals surface area contributed by atoms with Crippen LogP contribution in [0.2, 0.25) is 0 Å². The lowest BCUT2D eigenvalue weighted by atomic mass is 9.61. The Morgan fingerprint density at radius 1 is 0.208 bits per heavy atom. The van der Waals surface area contributed by atoms with Gasteiger partial charge in [-0.3, -0.25) is 0 Å². The largest absolute Gasteiger partial charge is 0.457 e. The molecule has 6 nitrogen and oxygen atoms in total. The summed E-state index contributed by atoms with van der Waals surface area (Å²) in [6, 6.07) is 114. The summed E-state index contributed by atoms with van der Waals surface area (Å²) in [4.78, 5) is 22.2. The van der Waals surface area contributed by atoms with Crippen LogP contribution < -0.4 is 9.47 Å². The van der Waals surface area contributed by atoms with E-state index in [0.29, 0.717) is 11.6 Å². The molecular weight excluding hydrogens is 1170 g/mol. The maximum absolute atomic E-state index is 6.71. The molecule has 2 bridgehead atoms. The second-order valence-electron chi connectivity index (χ2n) is 26.1. The van der Waals surface area contributed by atoms with Crippen molar-refractivity contribution in [3.05, 3.63) is 393 Å². The minimum atomic E-state index is -0.618. The highest BCUT2D eigenvalue weighted by atomic mass is 16.5. The fourth-order valence-electron chi connectivity index (χ4n) is 17.5. The molecule has 4 heterocycles. The molecule has 446 valence electrons. The second-order valence-corrected chi connectivity index (χ2v) is 26.1. The second kappa shape index (κ2) is 20.1. The van der Waals surface area contributed by atoms with E-state index in [1.165, 1.54) is 77.9 Å². The zero-order chi connectivity index (χ0) is 62.8. The smallest absolute Gasteiger partial charge is 0.160 e. The third kappa shape index (κ3) is 7.35. The standard InChI is InChI=1S/C90H54N4O2/c1-3-21-53(22-4-1)77-51-79(55-39-43-61-59-25-9-11-29-69(59)89(75(61)49-55)71-31-13-17-35-81(71)95-82-36-18-14-32-72(82)89)93-87(91-77)57-41-45-65-67(47-57)85-63-27-7-8-28-64(63)86(65)68-48-58(42-46-66(68)85)88-92-78(54-23-5-2-6-24-54)52-80(94-88)56-40-44-62-60-26-10-12-30-70(60)90(76(62)50-56)73-33-15-19-37-83(73)96-84-38-20-16-34-74(84)90/h1-52,85-86H. The minimum Gasteiger partial charge on any atom is -0.457 e. The molecule has 0 amide bonds. The van der Waals surface area contributed by atoms with E-state index in [0.717, 1.165) is 101 Å². The Hall–Kier alpha value is -12.4. The molecule has 13 aromatic carbocycles. The first-order valence-corrected chi connectivity index (χ1v) is 33.1. The summed E-state index contributed by atoms with van der Waals surface area (Å²) in [6.07, 6.45) is 0. The fourth-order valence-corrected chi connectivity index (χ4v) is 17.5. The molecule has 2 aliphatic heterocycles. The predicted octanol–water partition coefficient (Wildman–Crippen LogP) is 21.2. The molecule has 0 fully saturated rings. The quantitative estimate of drug-likeness (QED) is 0.165. The Morgan fingerprint density at radius 2 is 0.510 bits per heavy atom. The molecule has 22 rings (SSSR count). The van der Waals surface area contributed by atoms with E-state index in [2.05, 4.69) is 315 Å². The van der Waals surface area contributed by atoms with Gasteiger partial charge in [0, 0.05) is 67.5 Å². The molecule has 0 saturated carbocycles. The van der Waals surface area contributed by atoms with Crippen LogP contribution in [-0.2, 0) is 10.8 Å².